The standard InChI is InChI=1S/C15H24N4O2/c1-12(13-7-5-4-6-8-13)19-15(16-2)18-11-14(20)17-9-10-21-3/h4-8,12H,9-11H2,1-3H3,(H,17,20)(H2,16,18,19). The Morgan fingerprint density at radius 3 is 2.62 bits per heavy atom. The van der Waals surface area contributed by atoms with Crippen LogP contribution in [0, 0.1) is 0 Å². The molecule has 0 fully saturated rings. The van der Waals surface area contributed by atoms with Crippen LogP contribution >= 0.6 is 0 Å². The van der Waals surface area contributed by atoms with Crippen LogP contribution in [0.3, 0.4) is 0 Å². The van der Waals surface area contributed by atoms with Crippen molar-refractivity contribution in [3.8, 4) is 0 Å². The fourth-order valence-corrected chi connectivity index (χ4v) is 1.74. The highest BCUT2D eigenvalue weighted by Crippen LogP contribution is 2.10. The zero-order chi connectivity index (χ0) is 15.5. The minimum absolute atomic E-state index is 0.0950. The fraction of sp³-hybridized carbons (Fsp3) is 0.467. The molecule has 116 valence electrons. The van der Waals surface area contributed by atoms with Gasteiger partial charge in [0.1, 0.15) is 0 Å². The second-order valence-electron chi connectivity index (χ2n) is 4.55. The van der Waals surface area contributed by atoms with E-state index >= 15 is 0 Å². The molecule has 0 aromatic heterocycles. The van der Waals surface area contributed by atoms with Crippen LogP contribution in [0.1, 0.15) is 18.5 Å². The number of nitrogens with one attached hydrogen (secondary N) is 3. The highest BCUT2D eigenvalue weighted by atomic mass is 16.5. The van der Waals surface area contributed by atoms with Crippen molar-refractivity contribution in [1.29, 1.82) is 0 Å². The van der Waals surface area contributed by atoms with E-state index in [9.17, 15) is 4.79 Å². The number of carbonyl (C=O) groups is 1. The van der Waals surface area contributed by atoms with Crippen LogP contribution in [-0.4, -0.2) is 45.7 Å². The van der Waals surface area contributed by atoms with Crippen LogP contribution in [0.25, 0.3) is 0 Å². The lowest BCUT2D eigenvalue weighted by Gasteiger charge is -2.18. The number of ether oxygens (including phenoxy) is 1. The van der Waals surface area contributed by atoms with Crippen LogP contribution in [0.5, 0.6) is 0 Å². The van der Waals surface area contributed by atoms with Crippen molar-refractivity contribution in [2.75, 3.05) is 33.9 Å². The Balaban J connectivity index is 2.37. The van der Waals surface area contributed by atoms with Gasteiger partial charge in [-0.2, -0.15) is 0 Å². The Hall–Kier alpha value is -2.08. The Bertz CT molecular complexity index is 448. The molecule has 0 aliphatic carbocycles. The Kier molecular flexibility index (Phi) is 7.89. The van der Waals surface area contributed by atoms with Crippen LogP contribution in [-0.2, 0) is 9.53 Å². The van der Waals surface area contributed by atoms with Crippen molar-refractivity contribution in [3.63, 3.8) is 0 Å². The minimum Gasteiger partial charge on any atom is -0.383 e. The molecule has 0 saturated carbocycles. The zero-order valence-electron chi connectivity index (χ0n) is 12.8. The molecule has 1 unspecified atom stereocenters. The second kappa shape index (κ2) is 9.77. The molecule has 6 heteroatoms. The quantitative estimate of drug-likeness (QED) is 0.392. The van der Waals surface area contributed by atoms with E-state index in [0.717, 1.165) is 5.56 Å². The van der Waals surface area contributed by atoms with Crippen LogP contribution < -0.4 is 16.0 Å². The first-order valence-corrected chi connectivity index (χ1v) is 6.95. The first-order chi connectivity index (χ1) is 10.2. The molecule has 0 saturated heterocycles. The van der Waals surface area contributed by atoms with E-state index in [2.05, 4.69) is 20.9 Å². The summed E-state index contributed by atoms with van der Waals surface area (Å²) in [6.07, 6.45) is 0. The average Bonchev–Trinajstić information content (AvgIpc) is 2.52. The van der Waals surface area contributed by atoms with Crippen LogP contribution in [0.4, 0.5) is 0 Å². The molecule has 1 rings (SSSR count). The van der Waals surface area contributed by atoms with E-state index in [1.54, 1.807) is 14.2 Å². The summed E-state index contributed by atoms with van der Waals surface area (Å²) in [4.78, 5) is 15.7. The van der Waals surface area contributed by atoms with Gasteiger partial charge in [0.25, 0.3) is 0 Å². The van der Waals surface area contributed by atoms with Gasteiger partial charge in [-0.25, -0.2) is 0 Å². The predicted octanol–water partition coefficient (Wildman–Crippen LogP) is 0.675. The summed E-state index contributed by atoms with van der Waals surface area (Å²) < 4.78 is 4.87. The lowest BCUT2D eigenvalue weighted by atomic mass is 10.1. The fourth-order valence-electron chi connectivity index (χ4n) is 1.74. The summed E-state index contributed by atoms with van der Waals surface area (Å²) in [5.74, 6) is 0.496. The van der Waals surface area contributed by atoms with Gasteiger partial charge in [-0.3, -0.25) is 9.79 Å². The van der Waals surface area contributed by atoms with Crippen molar-refractivity contribution in [3.05, 3.63) is 35.9 Å². The molecule has 1 aromatic carbocycles. The molecule has 0 aliphatic heterocycles. The third-order valence-electron chi connectivity index (χ3n) is 2.92. The third kappa shape index (κ3) is 6.76. The molecule has 1 atom stereocenters. The largest absolute Gasteiger partial charge is 0.383 e. The number of hydrogen-bond donors (Lipinski definition) is 3. The number of methoxy groups -OCH3 is 1. The SMILES string of the molecule is CN=C(NCC(=O)NCCOC)NC(C)c1ccccc1. The molecule has 21 heavy (non-hydrogen) atoms. The van der Waals surface area contributed by atoms with Gasteiger partial charge in [-0.15, -0.1) is 0 Å². The summed E-state index contributed by atoms with van der Waals surface area (Å²) in [6.45, 7) is 3.22. The van der Waals surface area contributed by atoms with Gasteiger partial charge < -0.3 is 20.7 Å². The average molecular weight is 292 g/mol. The molecular weight excluding hydrogens is 268 g/mol. The van der Waals surface area contributed by atoms with E-state index < -0.39 is 0 Å². The van der Waals surface area contributed by atoms with E-state index in [-0.39, 0.29) is 18.5 Å². The van der Waals surface area contributed by atoms with Crippen molar-refractivity contribution in [2.24, 2.45) is 4.99 Å². The zero-order valence-corrected chi connectivity index (χ0v) is 12.8. The maximum atomic E-state index is 11.6. The number of rotatable bonds is 7. The minimum atomic E-state index is -0.0950. The maximum Gasteiger partial charge on any atom is 0.239 e. The molecule has 3 N–H and O–H groups in total. The van der Waals surface area contributed by atoms with E-state index in [1.807, 2.05) is 37.3 Å². The van der Waals surface area contributed by atoms with E-state index in [4.69, 9.17) is 4.74 Å². The van der Waals surface area contributed by atoms with Crippen molar-refractivity contribution < 1.29 is 9.53 Å². The predicted molar refractivity (Wildman–Crippen MR) is 84.2 cm³/mol. The topological polar surface area (TPSA) is 74.8 Å². The number of hydrogen-bond acceptors (Lipinski definition) is 3. The van der Waals surface area contributed by atoms with Gasteiger partial charge in [-0.05, 0) is 12.5 Å². The van der Waals surface area contributed by atoms with Crippen molar-refractivity contribution >= 4 is 11.9 Å². The van der Waals surface area contributed by atoms with Gasteiger partial charge in [-0.1, -0.05) is 30.3 Å². The highest BCUT2D eigenvalue weighted by Gasteiger charge is 2.08. The molecule has 0 aliphatic rings. The second-order valence-corrected chi connectivity index (χ2v) is 4.55. The molecule has 0 spiro atoms. The summed E-state index contributed by atoms with van der Waals surface area (Å²) in [7, 11) is 3.27. The number of aliphatic imine (C=N–C) groups is 1. The normalized spacial score (nSPS) is 12.6. The highest BCUT2D eigenvalue weighted by molar-refractivity contribution is 5.86. The lowest BCUT2D eigenvalue weighted by molar-refractivity contribution is -0.120. The molecule has 0 heterocycles. The Morgan fingerprint density at radius 1 is 1.29 bits per heavy atom. The summed E-state index contributed by atoms with van der Waals surface area (Å²) in [5, 5.41) is 8.96. The number of benzene rings is 1. The lowest BCUT2D eigenvalue weighted by Crippen LogP contribution is -2.44. The van der Waals surface area contributed by atoms with Gasteiger partial charge in [0, 0.05) is 20.7 Å². The van der Waals surface area contributed by atoms with Gasteiger partial charge in [0.05, 0.1) is 19.2 Å². The first kappa shape index (κ1) is 17.0. The summed E-state index contributed by atoms with van der Waals surface area (Å²) in [6, 6.07) is 10.2. The summed E-state index contributed by atoms with van der Waals surface area (Å²) >= 11 is 0. The number of amides is 1. The molecule has 0 bridgehead atoms. The maximum absolute atomic E-state index is 11.6. The molecular formula is C15H24N4O2. The van der Waals surface area contributed by atoms with Gasteiger partial charge in [0.2, 0.25) is 5.91 Å². The van der Waals surface area contributed by atoms with Crippen LogP contribution in [0.15, 0.2) is 35.3 Å². The van der Waals surface area contributed by atoms with E-state index in [1.165, 1.54) is 0 Å². The number of guanidine groups is 1. The summed E-state index contributed by atoms with van der Waals surface area (Å²) in [5.41, 5.74) is 1.16. The van der Waals surface area contributed by atoms with Crippen molar-refractivity contribution in [2.45, 2.75) is 13.0 Å². The number of nitrogens with zero attached hydrogens (tertiary/aromatic N) is 1. The molecule has 6 nitrogen and oxygen atoms in total. The van der Waals surface area contributed by atoms with E-state index in [0.29, 0.717) is 19.1 Å². The first-order valence-electron chi connectivity index (χ1n) is 6.95. The third-order valence-corrected chi connectivity index (χ3v) is 2.92. The Labute approximate surface area is 126 Å². The van der Waals surface area contributed by atoms with Crippen molar-refractivity contribution in [1.82, 2.24) is 16.0 Å². The Morgan fingerprint density at radius 2 is 2.00 bits per heavy atom. The van der Waals surface area contributed by atoms with Crippen LogP contribution in [0.2, 0.25) is 0 Å². The monoisotopic (exact) mass is 292 g/mol. The number of carbonyl (C=O) groups excluding carboxylic acids is 1. The smallest absolute Gasteiger partial charge is 0.239 e. The van der Waals surface area contributed by atoms with Gasteiger partial charge in [0.15, 0.2) is 5.96 Å². The molecule has 1 amide bonds. The molecule has 1 aromatic rings. The van der Waals surface area contributed by atoms with Gasteiger partial charge >= 0.3 is 0 Å². The molecule has 0 radical (unpaired) electrons.